The smallest absolute Gasteiger partial charge is 0.336 e. The molecule has 156 valence electrons. The number of esters is 1. The van der Waals surface area contributed by atoms with Gasteiger partial charge in [0.05, 0.1) is 12.2 Å². The lowest BCUT2D eigenvalue weighted by Gasteiger charge is -2.39. The van der Waals surface area contributed by atoms with E-state index in [1.165, 1.54) is 12.1 Å². The van der Waals surface area contributed by atoms with Gasteiger partial charge in [0.1, 0.15) is 5.82 Å². The number of carbonyl (C=O) groups is 2. The van der Waals surface area contributed by atoms with Gasteiger partial charge < -0.3 is 10.1 Å². The Labute approximate surface area is 172 Å². The van der Waals surface area contributed by atoms with E-state index in [0.29, 0.717) is 41.9 Å². The van der Waals surface area contributed by atoms with Crippen molar-refractivity contribution < 1.29 is 18.7 Å². The van der Waals surface area contributed by atoms with E-state index in [9.17, 15) is 14.0 Å². The molecule has 1 aromatic rings. The third-order valence-corrected chi connectivity index (χ3v) is 5.62. The number of allylic oxidation sites excluding steroid dienone is 3. The molecule has 1 aliphatic heterocycles. The summed E-state index contributed by atoms with van der Waals surface area (Å²) >= 11 is 0. The lowest BCUT2D eigenvalue weighted by Crippen LogP contribution is -2.38. The number of dihydropyridines is 1. The molecule has 0 spiro atoms. The summed E-state index contributed by atoms with van der Waals surface area (Å²) in [6.07, 6.45) is 3.92. The quantitative estimate of drug-likeness (QED) is 0.530. The van der Waals surface area contributed by atoms with Crippen LogP contribution in [-0.4, -0.2) is 18.4 Å². The molecule has 1 aliphatic carbocycles. The number of hydrogen-bond acceptors (Lipinski definition) is 4. The zero-order valence-corrected chi connectivity index (χ0v) is 17.7. The van der Waals surface area contributed by atoms with Crippen LogP contribution in [0, 0.1) is 11.2 Å². The number of ketones is 1. The number of benzene rings is 1. The molecule has 1 heterocycles. The van der Waals surface area contributed by atoms with Gasteiger partial charge in [-0.25, -0.2) is 9.18 Å². The van der Waals surface area contributed by atoms with Crippen LogP contribution < -0.4 is 5.32 Å². The predicted octanol–water partition coefficient (Wildman–Crippen LogP) is 5.16. The summed E-state index contributed by atoms with van der Waals surface area (Å²) in [4.78, 5) is 26.1. The highest BCUT2D eigenvalue weighted by Gasteiger charge is 2.43. The summed E-state index contributed by atoms with van der Waals surface area (Å²) in [7, 11) is 0. The number of ether oxygens (including phenoxy) is 1. The Morgan fingerprint density at radius 3 is 2.72 bits per heavy atom. The first kappa shape index (κ1) is 21.3. The summed E-state index contributed by atoms with van der Waals surface area (Å²) in [5.74, 6) is -1.43. The minimum Gasteiger partial charge on any atom is -0.462 e. The molecule has 0 unspecified atom stereocenters. The van der Waals surface area contributed by atoms with Gasteiger partial charge in [-0.3, -0.25) is 4.79 Å². The van der Waals surface area contributed by atoms with E-state index in [-0.39, 0.29) is 17.0 Å². The van der Waals surface area contributed by atoms with Gasteiger partial charge >= 0.3 is 5.97 Å². The number of rotatable bonds is 6. The summed E-state index contributed by atoms with van der Waals surface area (Å²) in [5.41, 5.74) is 2.92. The second kappa shape index (κ2) is 8.52. The number of halogens is 1. The third kappa shape index (κ3) is 4.60. The molecule has 4 nitrogen and oxygen atoms in total. The van der Waals surface area contributed by atoms with Crippen LogP contribution in [0.3, 0.4) is 0 Å². The average Bonchev–Trinajstić information content (AvgIpc) is 2.63. The molecule has 0 aromatic heterocycles. The monoisotopic (exact) mass is 399 g/mol. The molecule has 2 aliphatic rings. The highest BCUT2D eigenvalue weighted by molar-refractivity contribution is 6.04. The molecule has 0 fully saturated rings. The van der Waals surface area contributed by atoms with Crippen molar-refractivity contribution in [2.24, 2.45) is 5.41 Å². The van der Waals surface area contributed by atoms with Crippen LogP contribution in [0.25, 0.3) is 0 Å². The van der Waals surface area contributed by atoms with Crippen molar-refractivity contribution in [1.82, 2.24) is 5.32 Å². The van der Waals surface area contributed by atoms with Gasteiger partial charge in [0.2, 0.25) is 0 Å². The molecule has 5 heteroatoms. The summed E-state index contributed by atoms with van der Waals surface area (Å²) in [6, 6.07) is 6.16. The number of hydrogen-bond donors (Lipinski definition) is 1. The first-order valence-electron chi connectivity index (χ1n) is 10.4. The fourth-order valence-electron chi connectivity index (χ4n) is 4.32. The maximum Gasteiger partial charge on any atom is 0.336 e. The van der Waals surface area contributed by atoms with Crippen LogP contribution in [0.15, 0.2) is 46.8 Å². The highest BCUT2D eigenvalue weighted by atomic mass is 19.1. The maximum atomic E-state index is 14.0. The molecule has 1 atom stereocenters. The first-order chi connectivity index (χ1) is 13.7. The zero-order chi connectivity index (χ0) is 21.2. The highest BCUT2D eigenvalue weighted by Crippen LogP contribution is 2.46. The molecule has 1 aromatic carbocycles. The molecular formula is C24H30FNO3. The van der Waals surface area contributed by atoms with E-state index in [1.807, 2.05) is 6.92 Å². The molecule has 0 saturated carbocycles. The van der Waals surface area contributed by atoms with E-state index < -0.39 is 11.9 Å². The molecule has 1 N–H and O–H groups in total. The molecule has 0 radical (unpaired) electrons. The van der Waals surface area contributed by atoms with E-state index in [2.05, 4.69) is 26.1 Å². The second-order valence-corrected chi connectivity index (χ2v) is 8.83. The van der Waals surface area contributed by atoms with Crippen molar-refractivity contribution in [2.75, 3.05) is 6.61 Å². The second-order valence-electron chi connectivity index (χ2n) is 8.83. The molecule has 3 rings (SSSR count). The molecule has 0 saturated heterocycles. The Morgan fingerprint density at radius 1 is 1.28 bits per heavy atom. The van der Waals surface area contributed by atoms with Crippen LogP contribution in [0.4, 0.5) is 4.39 Å². The Kier molecular flexibility index (Phi) is 6.25. The Bertz CT molecular complexity index is 882. The van der Waals surface area contributed by atoms with Crippen LogP contribution in [0.5, 0.6) is 0 Å². The molecular weight excluding hydrogens is 369 g/mol. The standard InChI is InChI=1S/C24H30FNO3/c1-5-6-7-11-29-23(28)20-15(2)26-18-13-24(3,4)14-19(27)22(18)21(20)16-9-8-10-17(25)12-16/h8-10,12,21,26H,5-7,11,13-14H2,1-4H3/t21-/m0/s1. The van der Waals surface area contributed by atoms with Gasteiger partial charge in [-0.05, 0) is 42.9 Å². The first-order valence-corrected chi connectivity index (χ1v) is 10.4. The van der Waals surface area contributed by atoms with Crippen molar-refractivity contribution in [1.29, 1.82) is 0 Å². The van der Waals surface area contributed by atoms with Crippen molar-refractivity contribution in [3.05, 3.63) is 58.2 Å². The SMILES string of the molecule is CCCCCOC(=O)C1=C(C)NC2=C(C(=O)CC(C)(C)C2)[C@H]1c1cccc(F)c1. The van der Waals surface area contributed by atoms with Gasteiger partial charge in [0, 0.05) is 29.3 Å². The van der Waals surface area contributed by atoms with Gasteiger partial charge in [-0.2, -0.15) is 0 Å². The minimum atomic E-state index is -0.607. The lowest BCUT2D eigenvalue weighted by atomic mass is 9.68. The molecule has 0 bridgehead atoms. The topological polar surface area (TPSA) is 55.4 Å². The van der Waals surface area contributed by atoms with Gasteiger partial charge in [-0.1, -0.05) is 45.7 Å². The van der Waals surface area contributed by atoms with E-state index >= 15 is 0 Å². The molecule has 29 heavy (non-hydrogen) atoms. The third-order valence-electron chi connectivity index (χ3n) is 5.62. The summed E-state index contributed by atoms with van der Waals surface area (Å²) in [5, 5.41) is 3.30. The fourth-order valence-corrected chi connectivity index (χ4v) is 4.32. The van der Waals surface area contributed by atoms with E-state index in [1.54, 1.807) is 12.1 Å². The van der Waals surface area contributed by atoms with Gasteiger partial charge in [0.25, 0.3) is 0 Å². The van der Waals surface area contributed by atoms with Crippen LogP contribution >= 0.6 is 0 Å². The Balaban J connectivity index is 2.03. The van der Waals surface area contributed by atoms with Crippen molar-refractivity contribution >= 4 is 11.8 Å². The number of unbranched alkanes of at least 4 members (excludes halogenated alkanes) is 2. The average molecular weight is 400 g/mol. The number of nitrogens with one attached hydrogen (secondary N) is 1. The number of Topliss-reactive ketones (excluding diaryl/α,β-unsaturated/α-hetero) is 1. The van der Waals surface area contributed by atoms with E-state index in [0.717, 1.165) is 25.0 Å². The number of carbonyl (C=O) groups excluding carboxylic acids is 2. The fraction of sp³-hybridized carbons (Fsp3) is 0.500. The van der Waals surface area contributed by atoms with Crippen molar-refractivity contribution in [2.45, 2.75) is 65.7 Å². The van der Waals surface area contributed by atoms with Crippen molar-refractivity contribution in [3.63, 3.8) is 0 Å². The maximum absolute atomic E-state index is 14.0. The Morgan fingerprint density at radius 2 is 2.03 bits per heavy atom. The predicted molar refractivity (Wildman–Crippen MR) is 111 cm³/mol. The summed E-state index contributed by atoms with van der Waals surface area (Å²) in [6.45, 7) is 8.37. The van der Waals surface area contributed by atoms with Crippen molar-refractivity contribution in [3.8, 4) is 0 Å². The van der Waals surface area contributed by atoms with Crippen LogP contribution in [0.1, 0.15) is 71.3 Å². The van der Waals surface area contributed by atoms with Gasteiger partial charge in [0.15, 0.2) is 5.78 Å². The van der Waals surface area contributed by atoms with Crippen LogP contribution in [0.2, 0.25) is 0 Å². The minimum absolute atomic E-state index is 0.00166. The molecule has 0 amide bonds. The van der Waals surface area contributed by atoms with Crippen LogP contribution in [-0.2, 0) is 14.3 Å². The Hall–Kier alpha value is -2.43. The normalized spacial score (nSPS) is 21.0. The zero-order valence-electron chi connectivity index (χ0n) is 17.7. The summed E-state index contributed by atoms with van der Waals surface area (Å²) < 4.78 is 19.6. The largest absolute Gasteiger partial charge is 0.462 e. The van der Waals surface area contributed by atoms with Gasteiger partial charge in [-0.15, -0.1) is 0 Å². The lowest BCUT2D eigenvalue weighted by molar-refractivity contribution is -0.139. The van der Waals surface area contributed by atoms with E-state index in [4.69, 9.17) is 4.74 Å².